The summed E-state index contributed by atoms with van der Waals surface area (Å²) < 4.78 is 0. The number of carboxylic acid groups (broad SMARTS) is 2. The van der Waals surface area contributed by atoms with Gasteiger partial charge in [0.15, 0.2) is 0 Å². The molecule has 0 radical (unpaired) electrons. The SMILES string of the molecule is O=C([O-])CCc1ccccc1.O=C([O-])CCc1ccccc1.[Ba+2]. The normalized spacial score (nSPS) is 9.04. The van der Waals surface area contributed by atoms with Gasteiger partial charge in [-0.2, -0.15) is 0 Å². The summed E-state index contributed by atoms with van der Waals surface area (Å²) in [7, 11) is 0. The van der Waals surface area contributed by atoms with Crippen LogP contribution in [0, 0.1) is 0 Å². The molecular formula is C18H18BaO4. The number of carbonyl (C=O) groups is 2. The number of hydrogen-bond acceptors (Lipinski definition) is 4. The van der Waals surface area contributed by atoms with Gasteiger partial charge in [-0.15, -0.1) is 0 Å². The summed E-state index contributed by atoms with van der Waals surface area (Å²) >= 11 is 0. The van der Waals surface area contributed by atoms with Crippen LogP contribution in [0.25, 0.3) is 0 Å². The predicted octanol–water partition coefficient (Wildman–Crippen LogP) is 0.357. The molecule has 0 spiro atoms. The Morgan fingerprint density at radius 1 is 0.652 bits per heavy atom. The monoisotopic (exact) mass is 436 g/mol. The second-order valence-electron chi connectivity index (χ2n) is 4.72. The van der Waals surface area contributed by atoms with Crippen LogP contribution < -0.4 is 10.2 Å². The topological polar surface area (TPSA) is 80.3 Å². The molecule has 0 saturated heterocycles. The van der Waals surface area contributed by atoms with E-state index < -0.39 is 11.9 Å². The Hall–Kier alpha value is -1.05. The fraction of sp³-hybridized carbons (Fsp3) is 0.222. The van der Waals surface area contributed by atoms with E-state index in [0.717, 1.165) is 11.1 Å². The summed E-state index contributed by atoms with van der Waals surface area (Å²) in [5, 5.41) is 20.1. The van der Waals surface area contributed by atoms with Crippen LogP contribution in [0.5, 0.6) is 0 Å². The van der Waals surface area contributed by atoms with Crippen molar-refractivity contribution in [2.75, 3.05) is 0 Å². The molecule has 0 aromatic heterocycles. The summed E-state index contributed by atoms with van der Waals surface area (Å²) in [6.07, 6.45) is 1.32. The summed E-state index contributed by atoms with van der Waals surface area (Å²) in [6, 6.07) is 19.0. The molecule has 5 heteroatoms. The fourth-order valence-corrected chi connectivity index (χ4v) is 1.78. The van der Waals surface area contributed by atoms with E-state index in [2.05, 4.69) is 0 Å². The zero-order valence-corrected chi connectivity index (χ0v) is 17.4. The van der Waals surface area contributed by atoms with E-state index in [1.54, 1.807) is 0 Å². The number of carbonyl (C=O) groups excluding carboxylic acids is 2. The maximum absolute atomic E-state index is 10.1. The smallest absolute Gasteiger partial charge is 0.550 e. The van der Waals surface area contributed by atoms with E-state index in [0.29, 0.717) is 12.8 Å². The molecule has 0 bridgehead atoms. The van der Waals surface area contributed by atoms with E-state index in [1.807, 2.05) is 60.7 Å². The minimum atomic E-state index is -0.992. The van der Waals surface area contributed by atoms with Gasteiger partial charge in [0.25, 0.3) is 0 Å². The van der Waals surface area contributed by atoms with Gasteiger partial charge in [-0.05, 0) is 36.8 Å². The van der Waals surface area contributed by atoms with Crippen molar-refractivity contribution in [2.24, 2.45) is 0 Å². The van der Waals surface area contributed by atoms with Gasteiger partial charge >= 0.3 is 48.9 Å². The second-order valence-corrected chi connectivity index (χ2v) is 4.72. The molecule has 0 aliphatic heterocycles. The molecule has 0 N–H and O–H groups in total. The summed E-state index contributed by atoms with van der Waals surface area (Å²) in [4.78, 5) is 20.1. The Bertz CT molecular complexity index is 517. The first-order valence-corrected chi connectivity index (χ1v) is 7.05. The average molecular weight is 436 g/mol. The summed E-state index contributed by atoms with van der Waals surface area (Å²) in [5.41, 5.74) is 2.08. The molecule has 2 aromatic carbocycles. The number of carboxylic acids is 2. The van der Waals surface area contributed by atoms with Gasteiger partial charge in [-0.3, -0.25) is 0 Å². The van der Waals surface area contributed by atoms with Crippen LogP contribution in [0.15, 0.2) is 60.7 Å². The number of aryl methyl sites for hydroxylation is 2. The van der Waals surface area contributed by atoms with Crippen LogP contribution in [0.3, 0.4) is 0 Å². The molecule has 2 rings (SSSR count). The molecule has 0 saturated carbocycles. The Morgan fingerprint density at radius 3 is 1.22 bits per heavy atom. The third-order valence-electron chi connectivity index (χ3n) is 2.92. The van der Waals surface area contributed by atoms with Crippen LogP contribution in [-0.4, -0.2) is 60.8 Å². The van der Waals surface area contributed by atoms with Crippen molar-refractivity contribution < 1.29 is 19.8 Å². The molecule has 0 atom stereocenters. The summed E-state index contributed by atoms with van der Waals surface area (Å²) in [5.74, 6) is -1.98. The predicted molar refractivity (Wildman–Crippen MR) is 85.3 cm³/mol. The van der Waals surface area contributed by atoms with Crippen molar-refractivity contribution in [3.8, 4) is 0 Å². The Labute approximate surface area is 176 Å². The van der Waals surface area contributed by atoms with Crippen LogP contribution >= 0.6 is 0 Å². The molecule has 0 unspecified atom stereocenters. The fourth-order valence-electron chi connectivity index (χ4n) is 1.78. The first kappa shape index (κ1) is 22.0. The van der Waals surface area contributed by atoms with Crippen molar-refractivity contribution >= 4 is 60.8 Å². The molecule has 0 amide bonds. The molecular weight excluding hydrogens is 418 g/mol. The van der Waals surface area contributed by atoms with Gasteiger partial charge in [0, 0.05) is 11.9 Å². The molecule has 23 heavy (non-hydrogen) atoms. The van der Waals surface area contributed by atoms with Crippen molar-refractivity contribution in [1.82, 2.24) is 0 Å². The van der Waals surface area contributed by atoms with Gasteiger partial charge in [-0.25, -0.2) is 0 Å². The Morgan fingerprint density at radius 2 is 0.957 bits per heavy atom. The first-order chi connectivity index (χ1) is 10.6. The van der Waals surface area contributed by atoms with E-state index >= 15 is 0 Å². The number of hydrogen-bond donors (Lipinski definition) is 0. The molecule has 116 valence electrons. The molecule has 0 aliphatic rings. The van der Waals surface area contributed by atoms with Gasteiger partial charge in [0.2, 0.25) is 0 Å². The number of rotatable bonds is 6. The minimum absolute atomic E-state index is 0. The third-order valence-corrected chi connectivity index (χ3v) is 2.92. The average Bonchev–Trinajstić information content (AvgIpc) is 2.53. The van der Waals surface area contributed by atoms with Crippen molar-refractivity contribution in [1.29, 1.82) is 0 Å². The largest absolute Gasteiger partial charge is 2.00 e. The van der Waals surface area contributed by atoms with Crippen molar-refractivity contribution in [3.05, 3.63) is 71.8 Å². The van der Waals surface area contributed by atoms with E-state index in [9.17, 15) is 19.8 Å². The van der Waals surface area contributed by atoms with Crippen LogP contribution in [-0.2, 0) is 22.4 Å². The first-order valence-electron chi connectivity index (χ1n) is 7.05. The Balaban J connectivity index is 0.000000403. The van der Waals surface area contributed by atoms with Crippen molar-refractivity contribution in [3.63, 3.8) is 0 Å². The van der Waals surface area contributed by atoms with Gasteiger partial charge < -0.3 is 19.8 Å². The molecule has 2 aromatic rings. The van der Waals surface area contributed by atoms with E-state index in [-0.39, 0.29) is 61.7 Å². The van der Waals surface area contributed by atoms with Gasteiger partial charge in [0.05, 0.1) is 0 Å². The standard InChI is InChI=1S/2C9H10O2.Ba/c2*10-9(11)7-6-8-4-2-1-3-5-8;/h2*1-5H,6-7H2,(H,10,11);/q;;+2/p-2. The van der Waals surface area contributed by atoms with Gasteiger partial charge in [-0.1, -0.05) is 60.7 Å². The zero-order valence-electron chi connectivity index (χ0n) is 12.9. The zero-order chi connectivity index (χ0) is 16.2. The van der Waals surface area contributed by atoms with Crippen LogP contribution in [0.4, 0.5) is 0 Å². The maximum atomic E-state index is 10.1. The van der Waals surface area contributed by atoms with E-state index in [1.165, 1.54) is 0 Å². The molecule has 4 nitrogen and oxygen atoms in total. The minimum Gasteiger partial charge on any atom is -0.550 e. The summed E-state index contributed by atoms with van der Waals surface area (Å²) in [6.45, 7) is 0. The van der Waals surface area contributed by atoms with Crippen molar-refractivity contribution in [2.45, 2.75) is 25.7 Å². The quantitative estimate of drug-likeness (QED) is 0.614. The van der Waals surface area contributed by atoms with Crippen LogP contribution in [0.2, 0.25) is 0 Å². The van der Waals surface area contributed by atoms with Crippen LogP contribution in [0.1, 0.15) is 24.0 Å². The number of benzene rings is 2. The van der Waals surface area contributed by atoms with E-state index in [4.69, 9.17) is 0 Å². The third kappa shape index (κ3) is 12.1. The van der Waals surface area contributed by atoms with Gasteiger partial charge in [0.1, 0.15) is 0 Å². The second kappa shape index (κ2) is 13.4. The number of aliphatic carboxylic acids is 2. The molecule has 0 heterocycles. The Kier molecular flexibility index (Phi) is 12.8. The molecule has 0 fully saturated rings. The maximum Gasteiger partial charge on any atom is 2.00 e. The molecule has 0 aliphatic carbocycles.